The molecule has 0 spiro atoms. The van der Waals surface area contributed by atoms with Crippen molar-refractivity contribution in [1.82, 2.24) is 0 Å². The van der Waals surface area contributed by atoms with Crippen LogP contribution < -0.4 is 4.74 Å². The molecular weight excluding hydrogens is 328 g/mol. The highest BCUT2D eigenvalue weighted by Crippen LogP contribution is 2.29. The third-order valence-corrected chi connectivity index (χ3v) is 4.47. The summed E-state index contributed by atoms with van der Waals surface area (Å²) in [4.78, 5) is 23.4. The van der Waals surface area contributed by atoms with Gasteiger partial charge in [0.2, 0.25) is 0 Å². The Bertz CT molecular complexity index is 754. The molecule has 4 nitrogen and oxygen atoms in total. The zero-order valence-electron chi connectivity index (χ0n) is 12.9. The maximum Gasteiger partial charge on any atom is 0.306 e. The Balaban J connectivity index is 1.65. The van der Waals surface area contributed by atoms with Crippen molar-refractivity contribution in [3.63, 3.8) is 0 Å². The summed E-state index contributed by atoms with van der Waals surface area (Å²) in [6, 6.07) is 13.7. The number of benzene rings is 2. The van der Waals surface area contributed by atoms with Crippen LogP contribution in [0, 0.1) is 5.92 Å². The van der Waals surface area contributed by atoms with Crippen molar-refractivity contribution in [1.29, 1.82) is 0 Å². The molecule has 0 amide bonds. The summed E-state index contributed by atoms with van der Waals surface area (Å²) >= 11 is 5.92. The third kappa shape index (κ3) is 3.77. The lowest BCUT2D eigenvalue weighted by molar-refractivity contribution is -0.141. The van der Waals surface area contributed by atoms with E-state index in [0.29, 0.717) is 34.7 Å². The standard InChI is InChI=1S/C19H17ClO4/c20-15-3-1-2-13(10-15)18(21)12-4-7-16(8-5-12)24-17-9-6-14(11-17)19(22)23/h1-5,7-8,10,14,17H,6,9,11H2,(H,22,23)/t14-,17-/m0/s1. The summed E-state index contributed by atoms with van der Waals surface area (Å²) < 4.78 is 5.82. The number of carboxylic acid groups (broad SMARTS) is 1. The van der Waals surface area contributed by atoms with Crippen LogP contribution in [0.3, 0.4) is 0 Å². The minimum absolute atomic E-state index is 0.0828. The molecule has 3 rings (SSSR count). The molecule has 1 saturated carbocycles. The van der Waals surface area contributed by atoms with E-state index in [4.69, 9.17) is 21.4 Å². The van der Waals surface area contributed by atoms with Crippen LogP contribution >= 0.6 is 11.6 Å². The fourth-order valence-corrected chi connectivity index (χ4v) is 3.14. The van der Waals surface area contributed by atoms with E-state index in [1.165, 1.54) is 0 Å². The van der Waals surface area contributed by atoms with Crippen LogP contribution in [0.15, 0.2) is 48.5 Å². The van der Waals surface area contributed by atoms with E-state index < -0.39 is 5.97 Å². The summed E-state index contributed by atoms with van der Waals surface area (Å²) in [5.74, 6) is -0.535. The average Bonchev–Trinajstić information content (AvgIpc) is 3.04. The third-order valence-electron chi connectivity index (χ3n) is 4.24. The quantitative estimate of drug-likeness (QED) is 0.825. The van der Waals surface area contributed by atoms with Gasteiger partial charge in [-0.3, -0.25) is 9.59 Å². The Morgan fingerprint density at radius 3 is 2.42 bits per heavy atom. The average molecular weight is 345 g/mol. The number of carbonyl (C=O) groups excluding carboxylic acids is 1. The molecule has 2 atom stereocenters. The van der Waals surface area contributed by atoms with E-state index in [9.17, 15) is 9.59 Å². The van der Waals surface area contributed by atoms with Gasteiger partial charge in [-0.25, -0.2) is 0 Å². The van der Waals surface area contributed by atoms with Gasteiger partial charge in [0.15, 0.2) is 5.78 Å². The highest BCUT2D eigenvalue weighted by molar-refractivity contribution is 6.31. The largest absolute Gasteiger partial charge is 0.490 e. The van der Waals surface area contributed by atoms with Crippen molar-refractivity contribution in [2.75, 3.05) is 0 Å². The van der Waals surface area contributed by atoms with Crippen molar-refractivity contribution in [3.05, 3.63) is 64.7 Å². The second-order valence-corrected chi connectivity index (χ2v) is 6.39. The Hall–Kier alpha value is -2.33. The zero-order valence-corrected chi connectivity index (χ0v) is 13.7. The molecule has 0 aromatic heterocycles. The normalized spacial score (nSPS) is 19.9. The second-order valence-electron chi connectivity index (χ2n) is 5.95. The van der Waals surface area contributed by atoms with E-state index in [1.54, 1.807) is 48.5 Å². The number of hydrogen-bond donors (Lipinski definition) is 1. The Labute approximate surface area is 145 Å². The van der Waals surface area contributed by atoms with Crippen LogP contribution in [-0.4, -0.2) is 23.0 Å². The number of halogens is 1. The fraction of sp³-hybridized carbons (Fsp3) is 0.263. The lowest BCUT2D eigenvalue weighted by Crippen LogP contribution is -2.15. The van der Waals surface area contributed by atoms with Gasteiger partial charge in [-0.05, 0) is 55.7 Å². The van der Waals surface area contributed by atoms with Crippen LogP contribution in [0.1, 0.15) is 35.2 Å². The Morgan fingerprint density at radius 1 is 1.04 bits per heavy atom. The molecule has 0 unspecified atom stereocenters. The Morgan fingerprint density at radius 2 is 1.79 bits per heavy atom. The van der Waals surface area contributed by atoms with Gasteiger partial charge >= 0.3 is 5.97 Å². The van der Waals surface area contributed by atoms with Gasteiger partial charge in [0, 0.05) is 16.1 Å². The molecule has 0 saturated heterocycles. The van der Waals surface area contributed by atoms with Crippen LogP contribution in [0.5, 0.6) is 5.75 Å². The zero-order chi connectivity index (χ0) is 17.1. The van der Waals surface area contributed by atoms with Gasteiger partial charge in [0.1, 0.15) is 5.75 Å². The molecule has 0 heterocycles. The highest BCUT2D eigenvalue weighted by atomic mass is 35.5. The molecule has 124 valence electrons. The van der Waals surface area contributed by atoms with E-state index in [0.717, 1.165) is 6.42 Å². The molecular formula is C19H17ClO4. The summed E-state index contributed by atoms with van der Waals surface area (Å²) in [7, 11) is 0. The molecule has 2 aromatic carbocycles. The minimum Gasteiger partial charge on any atom is -0.490 e. The maximum absolute atomic E-state index is 12.4. The molecule has 1 aliphatic carbocycles. The number of aliphatic carboxylic acids is 1. The number of ketones is 1. The molecule has 1 fully saturated rings. The molecule has 1 N–H and O–H groups in total. The first-order valence-electron chi connectivity index (χ1n) is 7.83. The van der Waals surface area contributed by atoms with E-state index >= 15 is 0 Å². The smallest absolute Gasteiger partial charge is 0.306 e. The second kappa shape index (κ2) is 7.05. The van der Waals surface area contributed by atoms with Crippen LogP contribution in [0.25, 0.3) is 0 Å². The lowest BCUT2D eigenvalue weighted by Gasteiger charge is -2.13. The maximum atomic E-state index is 12.4. The van der Waals surface area contributed by atoms with Crippen molar-refractivity contribution < 1.29 is 19.4 Å². The first-order chi connectivity index (χ1) is 11.5. The SMILES string of the molecule is O=C(c1ccc(O[C@H]2CC[C@H](C(=O)O)C2)cc1)c1cccc(Cl)c1. The minimum atomic E-state index is -0.761. The number of rotatable bonds is 5. The van der Waals surface area contributed by atoms with Gasteiger partial charge < -0.3 is 9.84 Å². The number of carboxylic acids is 1. The molecule has 2 aromatic rings. The van der Waals surface area contributed by atoms with Crippen molar-refractivity contribution in [3.8, 4) is 5.75 Å². The van der Waals surface area contributed by atoms with Crippen LogP contribution in [0.2, 0.25) is 5.02 Å². The molecule has 5 heteroatoms. The first kappa shape index (κ1) is 16.5. The molecule has 0 bridgehead atoms. The van der Waals surface area contributed by atoms with Gasteiger partial charge in [-0.1, -0.05) is 23.7 Å². The van der Waals surface area contributed by atoms with E-state index in [-0.39, 0.29) is 17.8 Å². The van der Waals surface area contributed by atoms with Crippen molar-refractivity contribution in [2.45, 2.75) is 25.4 Å². The Kier molecular flexibility index (Phi) is 4.86. The van der Waals surface area contributed by atoms with Crippen molar-refractivity contribution in [2.24, 2.45) is 5.92 Å². The van der Waals surface area contributed by atoms with E-state index in [2.05, 4.69) is 0 Å². The number of carbonyl (C=O) groups is 2. The van der Waals surface area contributed by atoms with Crippen LogP contribution in [-0.2, 0) is 4.79 Å². The van der Waals surface area contributed by atoms with Gasteiger partial charge in [0.25, 0.3) is 0 Å². The molecule has 0 aliphatic heterocycles. The number of hydrogen-bond acceptors (Lipinski definition) is 3. The van der Waals surface area contributed by atoms with Crippen molar-refractivity contribution >= 4 is 23.4 Å². The monoisotopic (exact) mass is 344 g/mol. The summed E-state index contributed by atoms with van der Waals surface area (Å²) in [6.45, 7) is 0. The molecule has 24 heavy (non-hydrogen) atoms. The first-order valence-corrected chi connectivity index (χ1v) is 8.20. The highest BCUT2D eigenvalue weighted by Gasteiger charge is 2.30. The topological polar surface area (TPSA) is 63.6 Å². The predicted molar refractivity (Wildman–Crippen MR) is 90.7 cm³/mol. The van der Waals surface area contributed by atoms with Gasteiger partial charge in [-0.15, -0.1) is 0 Å². The summed E-state index contributed by atoms with van der Waals surface area (Å²) in [6.07, 6.45) is 1.82. The van der Waals surface area contributed by atoms with E-state index in [1.807, 2.05) is 0 Å². The predicted octanol–water partition coefficient (Wildman–Crippen LogP) is 4.20. The summed E-state index contributed by atoms with van der Waals surface area (Å²) in [5, 5.41) is 9.54. The van der Waals surface area contributed by atoms with Crippen LogP contribution in [0.4, 0.5) is 0 Å². The lowest BCUT2D eigenvalue weighted by atomic mass is 10.0. The fourth-order valence-electron chi connectivity index (χ4n) is 2.95. The van der Waals surface area contributed by atoms with Gasteiger partial charge in [-0.2, -0.15) is 0 Å². The molecule has 0 radical (unpaired) electrons. The molecule has 1 aliphatic rings. The van der Waals surface area contributed by atoms with Gasteiger partial charge in [0.05, 0.1) is 12.0 Å². The summed E-state index contributed by atoms with van der Waals surface area (Å²) in [5.41, 5.74) is 1.09. The number of ether oxygens (including phenoxy) is 1.